The van der Waals surface area contributed by atoms with Gasteiger partial charge in [-0.05, 0) is 38.1 Å². The quantitative estimate of drug-likeness (QED) is 0.693. The molecule has 1 aliphatic rings. The minimum absolute atomic E-state index is 0.0735. The molecule has 9 heteroatoms. The summed E-state index contributed by atoms with van der Waals surface area (Å²) in [7, 11) is -2.66. The smallest absolute Gasteiger partial charge is 0.411 e. The van der Waals surface area contributed by atoms with Gasteiger partial charge in [0.05, 0.1) is 17.7 Å². The zero-order valence-corrected chi connectivity index (χ0v) is 17.7. The van der Waals surface area contributed by atoms with Crippen LogP contribution in [0.4, 0.5) is 10.5 Å². The van der Waals surface area contributed by atoms with E-state index < -0.39 is 22.3 Å². The number of hydrogen-bond donors (Lipinski definition) is 1. The van der Waals surface area contributed by atoms with Crippen molar-refractivity contribution < 1.29 is 31.6 Å². The van der Waals surface area contributed by atoms with Crippen molar-refractivity contribution >= 4 is 28.0 Å². The van der Waals surface area contributed by atoms with Crippen molar-refractivity contribution in [2.24, 2.45) is 0 Å². The van der Waals surface area contributed by atoms with Gasteiger partial charge in [-0.1, -0.05) is 29.8 Å². The molecule has 0 saturated carbocycles. The average molecular weight is 433 g/mol. The topological polar surface area (TPSA) is 100 Å². The van der Waals surface area contributed by atoms with Crippen molar-refractivity contribution in [3.05, 3.63) is 53.6 Å². The summed E-state index contributed by atoms with van der Waals surface area (Å²) in [6.45, 7) is 3.59. The number of fused-ring (bicyclic) bond motifs is 1. The Bertz CT molecular complexity index is 1050. The molecule has 0 saturated heterocycles. The molecule has 1 aliphatic heterocycles. The highest BCUT2D eigenvalue weighted by Gasteiger charge is 2.27. The van der Waals surface area contributed by atoms with E-state index in [-0.39, 0.29) is 18.1 Å². The summed E-state index contributed by atoms with van der Waals surface area (Å²) in [6.07, 6.45) is 2.25. The minimum atomic E-state index is -3.92. The third-order valence-electron chi connectivity index (χ3n) is 4.34. The molecule has 2 aromatic rings. The van der Waals surface area contributed by atoms with Gasteiger partial charge in [0.15, 0.2) is 17.6 Å². The first-order chi connectivity index (χ1) is 14.3. The Hall–Kier alpha value is -3.04. The summed E-state index contributed by atoms with van der Waals surface area (Å²) in [5.41, 5.74) is 1.99. The van der Waals surface area contributed by atoms with E-state index in [1.165, 1.54) is 19.2 Å². The number of anilines is 1. The van der Waals surface area contributed by atoms with E-state index in [0.29, 0.717) is 22.7 Å². The molecular weight excluding hydrogens is 410 g/mol. The maximum Gasteiger partial charge on any atom is 0.411 e. The Labute approximate surface area is 175 Å². The van der Waals surface area contributed by atoms with Gasteiger partial charge >= 0.3 is 6.09 Å². The van der Waals surface area contributed by atoms with Gasteiger partial charge in [-0.25, -0.2) is 4.79 Å². The van der Waals surface area contributed by atoms with Crippen molar-refractivity contribution in [3.8, 4) is 11.5 Å². The number of hydrogen-bond acceptors (Lipinski definition) is 7. The van der Waals surface area contributed by atoms with Gasteiger partial charge in [-0.3, -0.25) is 9.50 Å². The second-order valence-electron chi connectivity index (χ2n) is 6.57. The summed E-state index contributed by atoms with van der Waals surface area (Å²) in [4.78, 5) is 11.7. The number of methoxy groups -OCH3 is 1. The summed E-state index contributed by atoms with van der Waals surface area (Å²) in [5.74, 6) is 0.866. The van der Waals surface area contributed by atoms with Crippen LogP contribution in [0.25, 0.3) is 6.08 Å². The number of carbonyl (C=O) groups is 1. The lowest BCUT2D eigenvalue weighted by Gasteiger charge is -2.28. The van der Waals surface area contributed by atoms with Crippen LogP contribution in [0.3, 0.4) is 0 Å². The fraction of sp³-hybridized carbons (Fsp3) is 0.286. The Kier molecular flexibility index (Phi) is 6.63. The fourth-order valence-corrected chi connectivity index (χ4v) is 3.76. The standard InChI is InChI=1S/C21H23NO7S/c1-4-5-17-18(22-21(23)26-3)10-11-19-20(17)29-15(12-27-19)13-28-30(24,25)16-8-6-14(2)7-9-16/h4-11,15H,12-13H2,1-3H3,(H,22,23). The van der Waals surface area contributed by atoms with E-state index in [4.69, 9.17) is 13.7 Å². The van der Waals surface area contributed by atoms with E-state index >= 15 is 0 Å². The second kappa shape index (κ2) is 9.19. The number of benzene rings is 2. The molecule has 3 rings (SSSR count). The molecule has 1 amide bonds. The van der Waals surface area contributed by atoms with Gasteiger partial charge in [0, 0.05) is 5.56 Å². The number of aryl methyl sites for hydroxylation is 1. The highest BCUT2D eigenvalue weighted by molar-refractivity contribution is 7.86. The lowest BCUT2D eigenvalue weighted by atomic mass is 10.1. The Morgan fingerprint density at radius 1 is 1.23 bits per heavy atom. The molecule has 8 nitrogen and oxygen atoms in total. The SMILES string of the molecule is CC=Cc1c(NC(=O)OC)ccc2c1OC(COS(=O)(=O)c1ccc(C)cc1)CO2. The summed E-state index contributed by atoms with van der Waals surface area (Å²) >= 11 is 0. The van der Waals surface area contributed by atoms with E-state index in [0.717, 1.165) is 5.56 Å². The number of allylic oxidation sites excluding steroid dienone is 1. The fourth-order valence-electron chi connectivity index (χ4n) is 2.82. The molecule has 160 valence electrons. The minimum Gasteiger partial charge on any atom is -0.486 e. The highest BCUT2D eigenvalue weighted by Crippen LogP contribution is 2.40. The highest BCUT2D eigenvalue weighted by atomic mass is 32.2. The lowest BCUT2D eigenvalue weighted by molar-refractivity contribution is 0.0553. The maximum absolute atomic E-state index is 12.4. The van der Waals surface area contributed by atoms with Gasteiger partial charge in [0.25, 0.3) is 10.1 Å². The van der Waals surface area contributed by atoms with Gasteiger partial charge in [0.1, 0.15) is 13.2 Å². The van der Waals surface area contributed by atoms with Crippen LogP contribution in [0, 0.1) is 6.92 Å². The lowest BCUT2D eigenvalue weighted by Crippen LogP contribution is -2.34. The molecule has 0 fully saturated rings. The van der Waals surface area contributed by atoms with Gasteiger partial charge in [0.2, 0.25) is 0 Å². The van der Waals surface area contributed by atoms with Crippen molar-refractivity contribution in [3.63, 3.8) is 0 Å². The number of amides is 1. The first-order valence-electron chi connectivity index (χ1n) is 9.24. The molecule has 0 aromatic heterocycles. The first kappa shape index (κ1) is 21.7. The molecule has 1 atom stereocenters. The van der Waals surface area contributed by atoms with Crippen LogP contribution in [0.5, 0.6) is 11.5 Å². The molecule has 1 N–H and O–H groups in total. The summed E-state index contributed by atoms with van der Waals surface area (Å²) in [5, 5.41) is 2.62. The predicted molar refractivity (Wildman–Crippen MR) is 111 cm³/mol. The number of nitrogens with one attached hydrogen (secondary N) is 1. The van der Waals surface area contributed by atoms with Crippen LogP contribution in [0.15, 0.2) is 47.4 Å². The zero-order chi connectivity index (χ0) is 21.7. The van der Waals surface area contributed by atoms with Crippen LogP contribution in [0.2, 0.25) is 0 Å². The van der Waals surface area contributed by atoms with Gasteiger partial charge < -0.3 is 14.2 Å². The van der Waals surface area contributed by atoms with Crippen LogP contribution in [-0.4, -0.2) is 40.9 Å². The monoisotopic (exact) mass is 433 g/mol. The normalized spacial score (nSPS) is 15.8. The maximum atomic E-state index is 12.4. The number of rotatable bonds is 6. The summed E-state index contributed by atoms with van der Waals surface area (Å²) in [6, 6.07) is 9.72. The molecule has 2 aromatic carbocycles. The third-order valence-corrected chi connectivity index (χ3v) is 5.64. The van der Waals surface area contributed by atoms with Crippen molar-refractivity contribution in [2.45, 2.75) is 24.8 Å². The largest absolute Gasteiger partial charge is 0.486 e. The van der Waals surface area contributed by atoms with E-state index in [2.05, 4.69) is 10.1 Å². The van der Waals surface area contributed by atoms with E-state index in [9.17, 15) is 13.2 Å². The van der Waals surface area contributed by atoms with Gasteiger partial charge in [-0.2, -0.15) is 8.42 Å². The van der Waals surface area contributed by atoms with E-state index in [1.54, 1.807) is 36.4 Å². The average Bonchev–Trinajstić information content (AvgIpc) is 2.74. The van der Waals surface area contributed by atoms with Crippen molar-refractivity contribution in [1.82, 2.24) is 0 Å². The predicted octanol–water partition coefficient (Wildman–Crippen LogP) is 3.75. The molecule has 0 bridgehead atoms. The van der Waals surface area contributed by atoms with Gasteiger partial charge in [-0.15, -0.1) is 0 Å². The molecule has 0 spiro atoms. The molecule has 0 aliphatic carbocycles. The zero-order valence-electron chi connectivity index (χ0n) is 16.9. The third kappa shape index (κ3) is 4.92. The number of carbonyl (C=O) groups excluding carboxylic acids is 1. The summed E-state index contributed by atoms with van der Waals surface area (Å²) < 4.78 is 46.3. The van der Waals surface area contributed by atoms with E-state index in [1.807, 2.05) is 13.8 Å². The van der Waals surface area contributed by atoms with Crippen LogP contribution < -0.4 is 14.8 Å². The molecule has 30 heavy (non-hydrogen) atoms. The Morgan fingerprint density at radius 3 is 2.63 bits per heavy atom. The van der Waals surface area contributed by atoms with Crippen molar-refractivity contribution in [1.29, 1.82) is 0 Å². The molecule has 1 heterocycles. The second-order valence-corrected chi connectivity index (χ2v) is 8.19. The Balaban J connectivity index is 1.77. The molecular formula is C21H23NO7S. The molecule has 0 radical (unpaired) electrons. The van der Waals surface area contributed by atoms with Crippen LogP contribution in [-0.2, 0) is 19.0 Å². The Morgan fingerprint density at radius 2 is 1.97 bits per heavy atom. The molecule has 1 unspecified atom stereocenters. The van der Waals surface area contributed by atoms with Crippen LogP contribution >= 0.6 is 0 Å². The van der Waals surface area contributed by atoms with Crippen molar-refractivity contribution in [2.75, 3.05) is 25.6 Å². The first-order valence-corrected chi connectivity index (χ1v) is 10.6. The number of ether oxygens (including phenoxy) is 3. The van der Waals surface area contributed by atoms with Crippen LogP contribution in [0.1, 0.15) is 18.1 Å².